The quantitative estimate of drug-likeness (QED) is 0.594. The smallest absolute Gasteiger partial charge is 0.224 e. The molecule has 1 N–H and O–H groups in total. The number of nitrogens with zero attached hydrogens (tertiary/aromatic N) is 1. The number of carbonyl (C=O) groups excluding carboxylic acids is 2. The Kier molecular flexibility index (Phi) is 10.4. The first-order chi connectivity index (χ1) is 12.5. The van der Waals surface area contributed by atoms with Gasteiger partial charge in [0.1, 0.15) is 5.75 Å². The van der Waals surface area contributed by atoms with Gasteiger partial charge in [-0.05, 0) is 56.4 Å². The van der Waals surface area contributed by atoms with Crippen molar-refractivity contribution in [2.45, 2.75) is 66.2 Å². The third-order valence-corrected chi connectivity index (χ3v) is 4.08. The fourth-order valence-electron chi connectivity index (χ4n) is 2.76. The van der Waals surface area contributed by atoms with Crippen LogP contribution in [0, 0.1) is 6.92 Å². The topological polar surface area (TPSA) is 58.6 Å². The molecule has 0 saturated heterocycles. The van der Waals surface area contributed by atoms with Crippen LogP contribution in [-0.4, -0.2) is 36.4 Å². The lowest BCUT2D eigenvalue weighted by Crippen LogP contribution is -2.32. The zero-order chi connectivity index (χ0) is 19.4. The maximum Gasteiger partial charge on any atom is 0.224 e. The van der Waals surface area contributed by atoms with E-state index in [1.807, 2.05) is 30.0 Å². The highest BCUT2D eigenvalue weighted by atomic mass is 16.5. The van der Waals surface area contributed by atoms with Crippen molar-refractivity contribution in [1.82, 2.24) is 4.90 Å². The summed E-state index contributed by atoms with van der Waals surface area (Å²) in [5.74, 6) is 0.913. The summed E-state index contributed by atoms with van der Waals surface area (Å²) in [6, 6.07) is 5.67. The highest BCUT2D eigenvalue weighted by Gasteiger charge is 2.13. The van der Waals surface area contributed by atoms with Gasteiger partial charge in [0.05, 0.1) is 6.61 Å². The minimum Gasteiger partial charge on any atom is -0.494 e. The van der Waals surface area contributed by atoms with Crippen molar-refractivity contribution in [2.75, 3.05) is 25.0 Å². The Labute approximate surface area is 158 Å². The molecular weight excluding hydrogens is 328 g/mol. The van der Waals surface area contributed by atoms with Crippen molar-refractivity contribution in [1.29, 1.82) is 0 Å². The molecule has 0 saturated carbocycles. The number of hydrogen-bond acceptors (Lipinski definition) is 3. The second-order valence-electron chi connectivity index (χ2n) is 6.61. The average Bonchev–Trinajstić information content (AvgIpc) is 2.61. The Morgan fingerprint density at radius 3 is 2.31 bits per heavy atom. The zero-order valence-electron chi connectivity index (χ0n) is 16.8. The summed E-state index contributed by atoms with van der Waals surface area (Å²) in [6.45, 7) is 10.4. The zero-order valence-corrected chi connectivity index (χ0v) is 16.8. The van der Waals surface area contributed by atoms with E-state index in [0.29, 0.717) is 25.9 Å². The molecule has 26 heavy (non-hydrogen) atoms. The SMILES string of the molecule is CCCOc1ccc(NC(=O)CCCC(=O)N(CCC)CCC)c(C)c1. The first-order valence-corrected chi connectivity index (χ1v) is 9.82. The van der Waals surface area contributed by atoms with Gasteiger partial charge in [0.2, 0.25) is 11.8 Å². The van der Waals surface area contributed by atoms with E-state index in [-0.39, 0.29) is 11.8 Å². The number of rotatable bonds is 12. The van der Waals surface area contributed by atoms with Crippen LogP contribution < -0.4 is 10.1 Å². The summed E-state index contributed by atoms with van der Waals surface area (Å²) in [7, 11) is 0. The van der Waals surface area contributed by atoms with Crippen LogP contribution in [0.2, 0.25) is 0 Å². The van der Waals surface area contributed by atoms with E-state index < -0.39 is 0 Å². The molecule has 0 aliphatic heterocycles. The Morgan fingerprint density at radius 2 is 1.73 bits per heavy atom. The lowest BCUT2D eigenvalue weighted by atomic mass is 10.1. The fraction of sp³-hybridized carbons (Fsp3) is 0.619. The van der Waals surface area contributed by atoms with Crippen LogP contribution >= 0.6 is 0 Å². The Balaban J connectivity index is 2.43. The largest absolute Gasteiger partial charge is 0.494 e. The van der Waals surface area contributed by atoms with Gasteiger partial charge in [-0.15, -0.1) is 0 Å². The summed E-state index contributed by atoms with van der Waals surface area (Å²) >= 11 is 0. The van der Waals surface area contributed by atoms with Crippen molar-refractivity contribution >= 4 is 17.5 Å². The molecule has 2 amide bonds. The number of aryl methyl sites for hydroxylation is 1. The summed E-state index contributed by atoms with van der Waals surface area (Å²) in [4.78, 5) is 26.3. The molecular formula is C21H34N2O3. The highest BCUT2D eigenvalue weighted by Crippen LogP contribution is 2.22. The lowest BCUT2D eigenvalue weighted by Gasteiger charge is -2.21. The van der Waals surface area contributed by atoms with Crippen LogP contribution in [0.4, 0.5) is 5.69 Å². The molecule has 1 aromatic carbocycles. The van der Waals surface area contributed by atoms with Gasteiger partial charge in [0, 0.05) is 31.6 Å². The van der Waals surface area contributed by atoms with Gasteiger partial charge >= 0.3 is 0 Å². The van der Waals surface area contributed by atoms with E-state index in [9.17, 15) is 9.59 Å². The van der Waals surface area contributed by atoms with Gasteiger partial charge in [-0.3, -0.25) is 9.59 Å². The molecule has 1 aromatic rings. The monoisotopic (exact) mass is 362 g/mol. The predicted molar refractivity (Wildman–Crippen MR) is 107 cm³/mol. The van der Waals surface area contributed by atoms with E-state index in [0.717, 1.165) is 49.4 Å². The average molecular weight is 363 g/mol. The maximum absolute atomic E-state index is 12.2. The van der Waals surface area contributed by atoms with Crippen molar-refractivity contribution in [3.05, 3.63) is 23.8 Å². The Bertz CT molecular complexity index is 566. The van der Waals surface area contributed by atoms with Gasteiger partial charge < -0.3 is 15.0 Å². The molecule has 5 heteroatoms. The maximum atomic E-state index is 12.2. The van der Waals surface area contributed by atoms with E-state index in [2.05, 4.69) is 26.1 Å². The van der Waals surface area contributed by atoms with Crippen LogP contribution in [0.3, 0.4) is 0 Å². The highest BCUT2D eigenvalue weighted by molar-refractivity contribution is 5.91. The number of nitrogens with one attached hydrogen (secondary N) is 1. The van der Waals surface area contributed by atoms with E-state index in [4.69, 9.17) is 4.74 Å². The number of amides is 2. The number of carbonyl (C=O) groups is 2. The summed E-state index contributed by atoms with van der Waals surface area (Å²) in [5.41, 5.74) is 1.77. The standard InChI is InChI=1S/C21H34N2O3/c1-5-13-23(14-6-2)21(25)10-8-9-20(24)22-19-12-11-18(16-17(19)4)26-15-7-3/h11-12,16H,5-10,13-15H2,1-4H3,(H,22,24). The molecule has 1 rings (SSSR count). The molecule has 0 radical (unpaired) electrons. The van der Waals surface area contributed by atoms with E-state index >= 15 is 0 Å². The van der Waals surface area contributed by atoms with Crippen LogP contribution in [0.5, 0.6) is 5.75 Å². The first kappa shape index (κ1) is 22.0. The molecule has 0 bridgehead atoms. The Hall–Kier alpha value is -2.04. The normalized spacial score (nSPS) is 10.5. The molecule has 0 atom stereocenters. The second kappa shape index (κ2) is 12.3. The number of ether oxygens (including phenoxy) is 1. The van der Waals surface area contributed by atoms with Crippen molar-refractivity contribution in [3.63, 3.8) is 0 Å². The van der Waals surface area contributed by atoms with Gasteiger partial charge in [0.25, 0.3) is 0 Å². The molecule has 0 heterocycles. The molecule has 146 valence electrons. The lowest BCUT2D eigenvalue weighted by molar-refractivity contribution is -0.131. The van der Waals surface area contributed by atoms with Crippen LogP contribution in [-0.2, 0) is 9.59 Å². The molecule has 0 aliphatic rings. The fourth-order valence-corrected chi connectivity index (χ4v) is 2.76. The van der Waals surface area contributed by atoms with Crippen LogP contribution in [0.1, 0.15) is 64.9 Å². The van der Waals surface area contributed by atoms with Gasteiger partial charge in [-0.25, -0.2) is 0 Å². The van der Waals surface area contributed by atoms with Gasteiger partial charge in [-0.2, -0.15) is 0 Å². The minimum absolute atomic E-state index is 0.0549. The third-order valence-electron chi connectivity index (χ3n) is 4.08. The van der Waals surface area contributed by atoms with Crippen LogP contribution in [0.25, 0.3) is 0 Å². The van der Waals surface area contributed by atoms with E-state index in [1.54, 1.807) is 0 Å². The minimum atomic E-state index is -0.0549. The first-order valence-electron chi connectivity index (χ1n) is 9.82. The van der Waals surface area contributed by atoms with Crippen molar-refractivity contribution < 1.29 is 14.3 Å². The number of hydrogen-bond donors (Lipinski definition) is 1. The van der Waals surface area contributed by atoms with Crippen molar-refractivity contribution in [3.8, 4) is 5.75 Å². The van der Waals surface area contributed by atoms with Crippen molar-refractivity contribution in [2.24, 2.45) is 0 Å². The van der Waals surface area contributed by atoms with Crippen LogP contribution in [0.15, 0.2) is 18.2 Å². The molecule has 0 unspecified atom stereocenters. The summed E-state index contributed by atoms with van der Waals surface area (Å²) in [6.07, 6.45) is 4.24. The molecule has 5 nitrogen and oxygen atoms in total. The van der Waals surface area contributed by atoms with Gasteiger partial charge in [0.15, 0.2) is 0 Å². The van der Waals surface area contributed by atoms with Gasteiger partial charge in [-0.1, -0.05) is 20.8 Å². The second-order valence-corrected chi connectivity index (χ2v) is 6.61. The molecule has 0 fully saturated rings. The Morgan fingerprint density at radius 1 is 1.04 bits per heavy atom. The van der Waals surface area contributed by atoms with E-state index in [1.165, 1.54) is 0 Å². The third kappa shape index (κ3) is 7.89. The molecule has 0 aliphatic carbocycles. The molecule has 0 aromatic heterocycles. The predicted octanol–water partition coefficient (Wildman–Crippen LogP) is 4.54. The number of benzene rings is 1. The molecule has 0 spiro atoms. The summed E-state index contributed by atoms with van der Waals surface area (Å²) in [5, 5.41) is 2.93. The number of anilines is 1. The summed E-state index contributed by atoms with van der Waals surface area (Å²) < 4.78 is 5.59.